The SMILES string of the molecule is CCC(=CCC[C@H](CO)N(CC1CCCC1)CC1CCCC1)C(=O)O. The lowest BCUT2D eigenvalue weighted by molar-refractivity contribution is -0.132. The van der Waals surface area contributed by atoms with Crippen LogP contribution < -0.4 is 0 Å². The summed E-state index contributed by atoms with van der Waals surface area (Å²) >= 11 is 0. The standard InChI is InChI=1S/C21H37NO3/c1-2-19(21(24)25)12-7-13-20(16-23)22(14-17-8-3-4-9-17)15-18-10-5-6-11-18/h12,17-18,20,23H,2-11,13-16H2,1H3,(H,24,25)/t20-/m1/s1. The van der Waals surface area contributed by atoms with E-state index in [1.54, 1.807) is 0 Å². The van der Waals surface area contributed by atoms with Crippen LogP contribution in [0.3, 0.4) is 0 Å². The van der Waals surface area contributed by atoms with Gasteiger partial charge in [-0.25, -0.2) is 4.79 Å². The van der Waals surface area contributed by atoms with Crippen molar-refractivity contribution in [2.75, 3.05) is 19.7 Å². The third-order valence-corrected chi connectivity index (χ3v) is 6.21. The van der Waals surface area contributed by atoms with Gasteiger partial charge in [-0.2, -0.15) is 0 Å². The molecule has 2 aliphatic rings. The quantitative estimate of drug-likeness (QED) is 0.547. The third-order valence-electron chi connectivity index (χ3n) is 6.21. The van der Waals surface area contributed by atoms with Crippen molar-refractivity contribution >= 4 is 5.97 Å². The molecule has 2 rings (SSSR count). The molecule has 0 saturated heterocycles. The van der Waals surface area contributed by atoms with E-state index in [9.17, 15) is 9.90 Å². The smallest absolute Gasteiger partial charge is 0.331 e. The Hall–Kier alpha value is -0.870. The lowest BCUT2D eigenvalue weighted by Crippen LogP contribution is -2.43. The number of aliphatic hydroxyl groups excluding tert-OH is 1. The first kappa shape index (κ1) is 20.4. The van der Waals surface area contributed by atoms with Gasteiger partial charge in [0.1, 0.15) is 0 Å². The first-order valence-electron chi connectivity index (χ1n) is 10.4. The number of hydrogen-bond acceptors (Lipinski definition) is 3. The number of carboxylic acid groups (broad SMARTS) is 1. The lowest BCUT2D eigenvalue weighted by Gasteiger charge is -2.34. The highest BCUT2D eigenvalue weighted by atomic mass is 16.4. The minimum atomic E-state index is -0.809. The number of rotatable bonds is 11. The van der Waals surface area contributed by atoms with Gasteiger partial charge in [0, 0.05) is 24.7 Å². The molecule has 0 heterocycles. The van der Waals surface area contributed by atoms with Crippen LogP contribution >= 0.6 is 0 Å². The van der Waals surface area contributed by atoms with Gasteiger partial charge in [-0.15, -0.1) is 0 Å². The van der Waals surface area contributed by atoms with E-state index in [-0.39, 0.29) is 12.6 Å². The summed E-state index contributed by atoms with van der Waals surface area (Å²) < 4.78 is 0. The van der Waals surface area contributed by atoms with E-state index in [4.69, 9.17) is 5.11 Å². The van der Waals surface area contributed by atoms with Gasteiger partial charge in [0.25, 0.3) is 0 Å². The van der Waals surface area contributed by atoms with Crippen LogP contribution in [0.25, 0.3) is 0 Å². The van der Waals surface area contributed by atoms with Gasteiger partial charge in [-0.1, -0.05) is 38.7 Å². The zero-order chi connectivity index (χ0) is 18.1. The Balaban J connectivity index is 1.94. The number of allylic oxidation sites excluding steroid dienone is 1. The van der Waals surface area contributed by atoms with E-state index in [0.29, 0.717) is 12.0 Å². The molecule has 0 aromatic carbocycles. The largest absolute Gasteiger partial charge is 0.478 e. The van der Waals surface area contributed by atoms with Crippen LogP contribution in [0.1, 0.15) is 77.6 Å². The molecule has 0 aliphatic heterocycles. The molecule has 2 aliphatic carbocycles. The van der Waals surface area contributed by atoms with Crippen LogP contribution in [-0.4, -0.2) is 46.8 Å². The molecule has 1 atom stereocenters. The molecule has 2 saturated carbocycles. The van der Waals surface area contributed by atoms with Crippen LogP contribution in [0, 0.1) is 11.8 Å². The zero-order valence-corrected chi connectivity index (χ0v) is 16.0. The molecular formula is C21H37NO3. The molecule has 4 nitrogen and oxygen atoms in total. The lowest BCUT2D eigenvalue weighted by atomic mass is 10.00. The van der Waals surface area contributed by atoms with Gasteiger partial charge < -0.3 is 10.2 Å². The number of carbonyl (C=O) groups is 1. The highest BCUT2D eigenvalue weighted by Gasteiger charge is 2.27. The molecule has 144 valence electrons. The minimum absolute atomic E-state index is 0.171. The van der Waals surface area contributed by atoms with Gasteiger partial charge >= 0.3 is 5.97 Å². The predicted molar refractivity (Wildman–Crippen MR) is 102 cm³/mol. The molecule has 2 N–H and O–H groups in total. The van der Waals surface area contributed by atoms with E-state index < -0.39 is 5.97 Å². The molecule has 0 spiro atoms. The van der Waals surface area contributed by atoms with E-state index in [1.807, 2.05) is 13.0 Å². The molecule has 0 bridgehead atoms. The first-order valence-corrected chi connectivity index (χ1v) is 10.4. The summed E-state index contributed by atoms with van der Waals surface area (Å²) in [5, 5.41) is 19.2. The highest BCUT2D eigenvalue weighted by Crippen LogP contribution is 2.30. The summed E-state index contributed by atoms with van der Waals surface area (Å²) in [6.45, 7) is 4.30. The van der Waals surface area contributed by atoms with Crippen LogP contribution in [0.15, 0.2) is 11.6 Å². The Kier molecular flexibility index (Phi) is 8.97. The Morgan fingerprint density at radius 2 is 1.60 bits per heavy atom. The fourth-order valence-electron chi connectivity index (χ4n) is 4.64. The van der Waals surface area contributed by atoms with Crippen LogP contribution in [0.4, 0.5) is 0 Å². The second kappa shape index (κ2) is 11.0. The van der Waals surface area contributed by atoms with Gasteiger partial charge in [-0.3, -0.25) is 4.90 Å². The maximum atomic E-state index is 11.1. The van der Waals surface area contributed by atoms with Crippen molar-refractivity contribution in [1.29, 1.82) is 0 Å². The van der Waals surface area contributed by atoms with E-state index in [2.05, 4.69) is 4.90 Å². The number of nitrogens with zero attached hydrogens (tertiary/aromatic N) is 1. The van der Waals surface area contributed by atoms with Crippen molar-refractivity contribution in [3.63, 3.8) is 0 Å². The summed E-state index contributed by atoms with van der Waals surface area (Å²) in [5.41, 5.74) is 0.495. The Morgan fingerprint density at radius 3 is 2.00 bits per heavy atom. The highest BCUT2D eigenvalue weighted by molar-refractivity contribution is 5.86. The monoisotopic (exact) mass is 351 g/mol. The zero-order valence-electron chi connectivity index (χ0n) is 16.0. The predicted octanol–water partition coefficient (Wildman–Crippen LogP) is 4.23. The summed E-state index contributed by atoms with van der Waals surface area (Å²) in [5.74, 6) is 0.768. The second-order valence-electron chi connectivity index (χ2n) is 8.06. The first-order chi connectivity index (χ1) is 12.1. The molecule has 4 heteroatoms. The summed E-state index contributed by atoms with van der Waals surface area (Å²) in [6.07, 6.45) is 14.8. The molecule has 0 amide bonds. The van der Waals surface area contributed by atoms with Crippen molar-refractivity contribution in [2.24, 2.45) is 11.8 Å². The van der Waals surface area contributed by atoms with Crippen LogP contribution in [-0.2, 0) is 4.79 Å². The molecule has 0 aromatic heterocycles. The van der Waals surface area contributed by atoms with Crippen molar-refractivity contribution < 1.29 is 15.0 Å². The minimum Gasteiger partial charge on any atom is -0.478 e. The van der Waals surface area contributed by atoms with Crippen molar-refractivity contribution in [3.05, 3.63) is 11.6 Å². The van der Waals surface area contributed by atoms with Crippen molar-refractivity contribution in [2.45, 2.75) is 83.6 Å². The average molecular weight is 352 g/mol. The summed E-state index contributed by atoms with van der Waals surface area (Å²) in [7, 11) is 0. The normalized spacial score (nSPS) is 21.3. The number of aliphatic hydroxyl groups is 1. The van der Waals surface area contributed by atoms with Crippen LogP contribution in [0.5, 0.6) is 0 Å². The summed E-state index contributed by atoms with van der Waals surface area (Å²) in [4.78, 5) is 13.7. The molecule has 25 heavy (non-hydrogen) atoms. The maximum absolute atomic E-state index is 11.1. The maximum Gasteiger partial charge on any atom is 0.331 e. The Bertz CT molecular complexity index is 405. The summed E-state index contributed by atoms with van der Waals surface area (Å²) in [6, 6.07) is 0.171. The van der Waals surface area contributed by atoms with E-state index in [1.165, 1.54) is 51.4 Å². The second-order valence-corrected chi connectivity index (χ2v) is 8.06. The van der Waals surface area contributed by atoms with Crippen molar-refractivity contribution in [3.8, 4) is 0 Å². The number of aliphatic carboxylic acids is 1. The van der Waals surface area contributed by atoms with E-state index in [0.717, 1.165) is 37.8 Å². The van der Waals surface area contributed by atoms with Gasteiger partial charge in [0.2, 0.25) is 0 Å². The van der Waals surface area contributed by atoms with Gasteiger partial charge in [-0.05, 0) is 56.8 Å². The fraction of sp³-hybridized carbons (Fsp3) is 0.857. The van der Waals surface area contributed by atoms with Gasteiger partial charge in [0.05, 0.1) is 6.61 Å². The third kappa shape index (κ3) is 6.74. The van der Waals surface area contributed by atoms with Crippen molar-refractivity contribution in [1.82, 2.24) is 4.90 Å². The molecule has 0 radical (unpaired) electrons. The Morgan fingerprint density at radius 1 is 1.08 bits per heavy atom. The number of carboxylic acids is 1. The number of hydrogen-bond donors (Lipinski definition) is 2. The molecular weight excluding hydrogens is 314 g/mol. The average Bonchev–Trinajstić information content (AvgIpc) is 3.28. The molecule has 0 aromatic rings. The van der Waals surface area contributed by atoms with Gasteiger partial charge in [0.15, 0.2) is 0 Å². The molecule has 2 fully saturated rings. The Labute approximate surface area is 153 Å². The van der Waals surface area contributed by atoms with E-state index >= 15 is 0 Å². The van der Waals surface area contributed by atoms with Crippen LogP contribution in [0.2, 0.25) is 0 Å². The topological polar surface area (TPSA) is 60.8 Å². The fourth-order valence-corrected chi connectivity index (χ4v) is 4.64. The molecule has 0 unspecified atom stereocenters.